The predicted molar refractivity (Wildman–Crippen MR) is 88.9 cm³/mol. The fraction of sp³-hybridized carbons (Fsp3) is 0.133. The van der Waals surface area contributed by atoms with Crippen LogP contribution in [-0.4, -0.2) is 15.8 Å². The summed E-state index contributed by atoms with van der Waals surface area (Å²) in [5, 5.41) is 15.5. The smallest absolute Gasteiger partial charge is 0.180 e. The summed E-state index contributed by atoms with van der Waals surface area (Å²) in [4.78, 5) is 20.3. The van der Waals surface area contributed by atoms with E-state index in [9.17, 15) is 4.79 Å². The standard InChI is InChI=1S/C15H10Cl2N6O/c16-13(11-1-7(3-18)9(20)5-22-11)15(24)14(17)12-2-8(4-19)10(21)6-23-12/h1-2,5-6,13-14H,20-21H2. The van der Waals surface area contributed by atoms with Gasteiger partial charge in [0.05, 0.1) is 46.3 Å². The molecule has 2 aromatic heterocycles. The third-order valence-electron chi connectivity index (χ3n) is 3.17. The van der Waals surface area contributed by atoms with Crippen molar-refractivity contribution in [2.24, 2.45) is 0 Å². The maximum atomic E-state index is 12.4. The second kappa shape index (κ2) is 7.14. The molecule has 2 heterocycles. The van der Waals surface area contributed by atoms with Crippen molar-refractivity contribution >= 4 is 40.4 Å². The molecule has 0 saturated heterocycles. The third kappa shape index (κ3) is 3.38. The van der Waals surface area contributed by atoms with Gasteiger partial charge in [0, 0.05) is 0 Å². The Bertz CT molecular complexity index is 815. The Balaban J connectivity index is 2.31. The number of carbonyl (C=O) groups is 1. The van der Waals surface area contributed by atoms with Crippen LogP contribution in [0.15, 0.2) is 24.5 Å². The Labute approximate surface area is 147 Å². The zero-order chi connectivity index (χ0) is 17.9. The summed E-state index contributed by atoms with van der Waals surface area (Å²) in [6.45, 7) is 0. The molecule has 7 nitrogen and oxygen atoms in total. The molecule has 0 aromatic carbocycles. The van der Waals surface area contributed by atoms with Crippen LogP contribution in [0, 0.1) is 22.7 Å². The lowest BCUT2D eigenvalue weighted by Crippen LogP contribution is -2.16. The summed E-state index contributed by atoms with van der Waals surface area (Å²) in [6.07, 6.45) is 2.49. The highest BCUT2D eigenvalue weighted by molar-refractivity contribution is 6.39. The Kier molecular flexibility index (Phi) is 5.20. The van der Waals surface area contributed by atoms with Gasteiger partial charge in [-0.15, -0.1) is 23.2 Å². The van der Waals surface area contributed by atoms with Gasteiger partial charge in [0.2, 0.25) is 0 Å². The third-order valence-corrected chi connectivity index (χ3v) is 4.05. The summed E-state index contributed by atoms with van der Waals surface area (Å²) in [6, 6.07) is 6.41. The van der Waals surface area contributed by atoms with Gasteiger partial charge >= 0.3 is 0 Å². The molecule has 0 radical (unpaired) electrons. The lowest BCUT2D eigenvalue weighted by atomic mass is 10.1. The van der Waals surface area contributed by atoms with Crippen LogP contribution in [0.25, 0.3) is 0 Å². The number of nitrogen functional groups attached to an aromatic ring is 2. The molecule has 0 aliphatic carbocycles. The first-order chi connectivity index (χ1) is 11.4. The second-order valence-corrected chi connectivity index (χ2v) is 5.62. The van der Waals surface area contributed by atoms with Gasteiger partial charge < -0.3 is 11.5 Å². The van der Waals surface area contributed by atoms with Crippen LogP contribution in [0.3, 0.4) is 0 Å². The van der Waals surface area contributed by atoms with Crippen LogP contribution in [0.2, 0.25) is 0 Å². The molecule has 2 atom stereocenters. The predicted octanol–water partition coefficient (Wildman–Crippen LogP) is 2.21. The minimum atomic E-state index is -1.20. The fourth-order valence-electron chi connectivity index (χ4n) is 1.86. The minimum Gasteiger partial charge on any atom is -0.396 e. The molecular formula is C15H10Cl2N6O. The molecular weight excluding hydrogens is 351 g/mol. The van der Waals surface area contributed by atoms with Gasteiger partial charge in [0.25, 0.3) is 0 Å². The molecule has 0 spiro atoms. The Morgan fingerprint density at radius 2 is 1.33 bits per heavy atom. The van der Waals surface area contributed by atoms with Crippen LogP contribution in [0.4, 0.5) is 11.4 Å². The van der Waals surface area contributed by atoms with Gasteiger partial charge in [-0.2, -0.15) is 10.5 Å². The number of nitriles is 2. The van der Waals surface area contributed by atoms with Crippen LogP contribution in [0.5, 0.6) is 0 Å². The number of pyridine rings is 2. The van der Waals surface area contributed by atoms with E-state index in [1.54, 1.807) is 0 Å². The minimum absolute atomic E-state index is 0.147. The van der Waals surface area contributed by atoms with Crippen molar-refractivity contribution in [1.82, 2.24) is 9.97 Å². The number of halogens is 2. The van der Waals surface area contributed by atoms with E-state index in [1.165, 1.54) is 24.5 Å². The molecule has 9 heteroatoms. The van der Waals surface area contributed by atoms with Gasteiger partial charge in [-0.1, -0.05) is 0 Å². The summed E-state index contributed by atoms with van der Waals surface area (Å²) in [5.41, 5.74) is 12.1. The lowest BCUT2D eigenvalue weighted by molar-refractivity contribution is -0.118. The number of hydrogen-bond acceptors (Lipinski definition) is 7. The number of nitrogens with zero attached hydrogens (tertiary/aromatic N) is 4. The second-order valence-electron chi connectivity index (χ2n) is 4.74. The van der Waals surface area contributed by atoms with Gasteiger partial charge in [-0.25, -0.2) is 0 Å². The largest absolute Gasteiger partial charge is 0.396 e. The zero-order valence-corrected chi connectivity index (χ0v) is 13.6. The molecule has 2 aromatic rings. The Hall–Kier alpha value is -2.87. The maximum Gasteiger partial charge on any atom is 0.180 e. The van der Waals surface area contributed by atoms with Crippen LogP contribution < -0.4 is 11.5 Å². The number of ketones is 1. The normalized spacial score (nSPS) is 12.7. The number of Topliss-reactive ketones (excluding diaryl/α,β-unsaturated/α-hetero) is 1. The Morgan fingerprint density at radius 3 is 1.67 bits per heavy atom. The van der Waals surface area contributed by atoms with Crippen molar-refractivity contribution in [1.29, 1.82) is 10.5 Å². The highest BCUT2D eigenvalue weighted by Gasteiger charge is 2.29. The number of hydrogen-bond donors (Lipinski definition) is 2. The first-order valence-corrected chi connectivity index (χ1v) is 7.39. The summed E-state index contributed by atoms with van der Waals surface area (Å²) >= 11 is 12.2. The number of aromatic nitrogens is 2. The van der Waals surface area contributed by atoms with Crippen molar-refractivity contribution in [2.45, 2.75) is 10.8 Å². The van der Waals surface area contributed by atoms with E-state index in [2.05, 4.69) is 9.97 Å². The highest BCUT2D eigenvalue weighted by Crippen LogP contribution is 2.32. The van der Waals surface area contributed by atoms with Crippen molar-refractivity contribution in [3.8, 4) is 12.1 Å². The number of rotatable bonds is 4. The van der Waals surface area contributed by atoms with E-state index in [0.29, 0.717) is 0 Å². The first-order valence-electron chi connectivity index (χ1n) is 6.52. The van der Waals surface area contributed by atoms with Gasteiger partial charge in [0.15, 0.2) is 5.78 Å². The average molecular weight is 361 g/mol. The monoisotopic (exact) mass is 360 g/mol. The van der Waals surface area contributed by atoms with E-state index in [0.717, 1.165) is 0 Å². The average Bonchev–Trinajstić information content (AvgIpc) is 2.60. The van der Waals surface area contributed by atoms with Crippen molar-refractivity contribution in [3.05, 3.63) is 47.0 Å². The molecule has 2 rings (SSSR count). The number of nitrogens with two attached hydrogens (primary N) is 2. The molecule has 120 valence electrons. The molecule has 0 aliphatic rings. The quantitative estimate of drug-likeness (QED) is 0.795. The van der Waals surface area contributed by atoms with E-state index in [-0.39, 0.29) is 33.9 Å². The van der Waals surface area contributed by atoms with Gasteiger partial charge in [-0.05, 0) is 12.1 Å². The SMILES string of the molecule is N#Cc1cc(C(Cl)C(=O)C(Cl)c2cc(C#N)c(N)cn2)ncc1N. The number of anilines is 2. The van der Waals surface area contributed by atoms with Crippen LogP contribution in [0.1, 0.15) is 33.3 Å². The lowest BCUT2D eigenvalue weighted by Gasteiger charge is -2.13. The Morgan fingerprint density at radius 1 is 0.958 bits per heavy atom. The topological polar surface area (TPSA) is 142 Å². The molecule has 0 aliphatic heterocycles. The highest BCUT2D eigenvalue weighted by atomic mass is 35.5. The molecule has 0 bridgehead atoms. The van der Waals surface area contributed by atoms with E-state index in [1.807, 2.05) is 12.1 Å². The molecule has 4 N–H and O–H groups in total. The summed E-state index contributed by atoms with van der Waals surface area (Å²) in [5.74, 6) is -0.597. The van der Waals surface area contributed by atoms with Crippen molar-refractivity contribution < 1.29 is 4.79 Å². The summed E-state index contributed by atoms with van der Waals surface area (Å²) in [7, 11) is 0. The zero-order valence-electron chi connectivity index (χ0n) is 12.1. The van der Waals surface area contributed by atoms with E-state index in [4.69, 9.17) is 45.2 Å². The van der Waals surface area contributed by atoms with E-state index < -0.39 is 16.5 Å². The number of carbonyl (C=O) groups excluding carboxylic acids is 1. The molecule has 2 unspecified atom stereocenters. The van der Waals surface area contributed by atoms with Gasteiger partial charge in [0.1, 0.15) is 22.9 Å². The fourth-order valence-corrected chi connectivity index (χ4v) is 2.41. The van der Waals surface area contributed by atoms with Crippen molar-refractivity contribution in [2.75, 3.05) is 11.5 Å². The molecule has 24 heavy (non-hydrogen) atoms. The van der Waals surface area contributed by atoms with Crippen molar-refractivity contribution in [3.63, 3.8) is 0 Å². The molecule has 0 saturated carbocycles. The number of alkyl halides is 2. The molecule has 0 fully saturated rings. The first kappa shape index (κ1) is 17.5. The van der Waals surface area contributed by atoms with Crippen LogP contribution in [-0.2, 0) is 4.79 Å². The van der Waals surface area contributed by atoms with Crippen LogP contribution >= 0.6 is 23.2 Å². The molecule has 0 amide bonds. The summed E-state index contributed by atoms with van der Waals surface area (Å²) < 4.78 is 0. The van der Waals surface area contributed by atoms with Gasteiger partial charge in [-0.3, -0.25) is 14.8 Å². The maximum absolute atomic E-state index is 12.4. The van der Waals surface area contributed by atoms with E-state index >= 15 is 0 Å².